The molecule has 1 saturated carbocycles. The number of carbonyl (C=O) groups excluding carboxylic acids is 1. The maximum absolute atomic E-state index is 13.4. The molecule has 22 heavy (non-hydrogen) atoms. The van der Waals surface area contributed by atoms with Crippen LogP contribution in [0.25, 0.3) is 0 Å². The minimum Gasteiger partial charge on any atom is -0.468 e. The van der Waals surface area contributed by atoms with Crippen LogP contribution < -0.4 is 0 Å². The van der Waals surface area contributed by atoms with Crippen molar-refractivity contribution in [1.82, 2.24) is 9.78 Å². The highest BCUT2D eigenvalue weighted by atomic mass is 19.4. The molecule has 0 amide bonds. The number of ether oxygens (including phenoxy) is 1. The van der Waals surface area contributed by atoms with Gasteiger partial charge in [0, 0.05) is 16.7 Å². The summed E-state index contributed by atoms with van der Waals surface area (Å²) in [5.41, 5.74) is -0.676. The first-order valence-electron chi connectivity index (χ1n) is 7.29. The Balaban J connectivity index is 2.22. The number of hydrogen-bond donors (Lipinski definition) is 0. The Bertz CT molecular complexity index is 648. The van der Waals surface area contributed by atoms with E-state index in [-0.39, 0.29) is 23.4 Å². The number of rotatable bonds is 2. The number of aromatic nitrogens is 2. The second-order valence-electron chi connectivity index (χ2n) is 6.99. The first-order chi connectivity index (χ1) is 10.0. The predicted octanol–water partition coefficient (Wildman–Crippen LogP) is 3.25. The Hall–Kier alpha value is -1.53. The molecule has 3 rings (SSSR count). The molecule has 1 aromatic heterocycles. The van der Waals surface area contributed by atoms with E-state index in [4.69, 9.17) is 0 Å². The zero-order valence-corrected chi connectivity index (χ0v) is 13.0. The van der Waals surface area contributed by atoms with Gasteiger partial charge in [-0.2, -0.15) is 18.3 Å². The second kappa shape index (κ2) is 4.26. The molecule has 2 aliphatic rings. The smallest absolute Gasteiger partial charge is 0.435 e. The average Bonchev–Trinajstić information content (AvgIpc) is 2.93. The van der Waals surface area contributed by atoms with Crippen LogP contribution in [0.5, 0.6) is 0 Å². The van der Waals surface area contributed by atoms with E-state index in [1.807, 2.05) is 20.8 Å². The molecule has 7 heteroatoms. The number of methoxy groups -OCH3 is 1. The van der Waals surface area contributed by atoms with Crippen molar-refractivity contribution in [1.29, 1.82) is 0 Å². The van der Waals surface area contributed by atoms with E-state index in [1.165, 1.54) is 11.8 Å². The van der Waals surface area contributed by atoms with E-state index in [9.17, 15) is 18.0 Å². The van der Waals surface area contributed by atoms with Crippen molar-refractivity contribution in [2.24, 2.45) is 5.41 Å². The van der Waals surface area contributed by atoms with E-state index < -0.39 is 23.3 Å². The van der Waals surface area contributed by atoms with Gasteiger partial charge in [0.2, 0.25) is 0 Å². The maximum atomic E-state index is 13.4. The van der Waals surface area contributed by atoms with Crippen molar-refractivity contribution in [3.05, 3.63) is 17.0 Å². The molecule has 0 N–H and O–H groups in total. The Morgan fingerprint density at radius 1 is 1.41 bits per heavy atom. The van der Waals surface area contributed by atoms with Crippen LogP contribution in [0.1, 0.15) is 56.5 Å². The lowest BCUT2D eigenvalue weighted by Gasteiger charge is -2.35. The highest BCUT2D eigenvalue weighted by Gasteiger charge is 2.64. The molecule has 4 nitrogen and oxygen atoms in total. The summed E-state index contributed by atoms with van der Waals surface area (Å²) in [6, 6.07) is 0. The van der Waals surface area contributed by atoms with Crippen LogP contribution in [0.2, 0.25) is 0 Å². The number of nitrogens with zero attached hydrogens (tertiary/aromatic N) is 2. The number of halogens is 3. The molecule has 0 aliphatic heterocycles. The molecule has 0 aromatic carbocycles. The third kappa shape index (κ3) is 1.71. The fraction of sp³-hybridized carbons (Fsp3) is 0.733. The van der Waals surface area contributed by atoms with Gasteiger partial charge in [-0.15, -0.1) is 0 Å². The van der Waals surface area contributed by atoms with Crippen LogP contribution in [0, 0.1) is 5.41 Å². The van der Waals surface area contributed by atoms with Crippen molar-refractivity contribution in [3.8, 4) is 0 Å². The topological polar surface area (TPSA) is 44.1 Å². The molecule has 2 bridgehead atoms. The molecule has 1 heterocycles. The first kappa shape index (κ1) is 15.4. The minimum absolute atomic E-state index is 0.171. The molecular weight excluding hydrogens is 297 g/mol. The summed E-state index contributed by atoms with van der Waals surface area (Å²) in [4.78, 5) is 11.5. The number of carbonyl (C=O) groups is 1. The lowest BCUT2D eigenvalue weighted by atomic mass is 9.70. The number of hydrogen-bond acceptors (Lipinski definition) is 3. The van der Waals surface area contributed by atoms with E-state index in [0.29, 0.717) is 5.69 Å². The zero-order chi connectivity index (χ0) is 16.5. The summed E-state index contributed by atoms with van der Waals surface area (Å²) in [5.74, 6) is -0.765. The van der Waals surface area contributed by atoms with Crippen molar-refractivity contribution in [2.45, 2.75) is 57.7 Å². The molecule has 0 radical (unpaired) electrons. The third-order valence-corrected chi connectivity index (χ3v) is 5.86. The van der Waals surface area contributed by atoms with Gasteiger partial charge >= 0.3 is 12.1 Å². The van der Waals surface area contributed by atoms with Gasteiger partial charge in [-0.25, -0.2) is 0 Å². The zero-order valence-electron chi connectivity index (χ0n) is 13.0. The van der Waals surface area contributed by atoms with Crippen molar-refractivity contribution < 1.29 is 22.7 Å². The first-order valence-corrected chi connectivity index (χ1v) is 7.29. The predicted molar refractivity (Wildman–Crippen MR) is 72.4 cm³/mol. The summed E-state index contributed by atoms with van der Waals surface area (Å²) in [7, 11) is 1.22. The highest BCUT2D eigenvalue weighted by Crippen LogP contribution is 2.69. The number of alkyl halides is 3. The summed E-state index contributed by atoms with van der Waals surface area (Å²) in [6.45, 7) is 5.71. The van der Waals surface area contributed by atoms with E-state index in [2.05, 4.69) is 9.84 Å². The van der Waals surface area contributed by atoms with Crippen LogP contribution >= 0.6 is 0 Å². The largest absolute Gasteiger partial charge is 0.468 e. The monoisotopic (exact) mass is 316 g/mol. The molecule has 122 valence electrons. The van der Waals surface area contributed by atoms with Gasteiger partial charge in [0.25, 0.3) is 0 Å². The van der Waals surface area contributed by atoms with Gasteiger partial charge in [-0.3, -0.25) is 9.48 Å². The summed E-state index contributed by atoms with van der Waals surface area (Å²) in [5, 5.41) is 3.73. The van der Waals surface area contributed by atoms with Gasteiger partial charge in [-0.05, 0) is 24.2 Å². The van der Waals surface area contributed by atoms with Gasteiger partial charge in [0.05, 0.1) is 7.11 Å². The molecule has 2 unspecified atom stereocenters. The van der Waals surface area contributed by atoms with Crippen molar-refractivity contribution in [2.75, 3.05) is 7.11 Å². The quantitative estimate of drug-likeness (QED) is 0.787. The standard InChI is InChI=1S/C15H19F3N2O2/c1-13(2)8-5-6-14(13,3)12-10(8)11(15(16,17)18)19-20(12)7-9(21)22-4/h8H,5-7H2,1-4H3. The van der Waals surface area contributed by atoms with Crippen LogP contribution in [-0.4, -0.2) is 22.9 Å². The van der Waals surface area contributed by atoms with E-state index >= 15 is 0 Å². The van der Waals surface area contributed by atoms with Gasteiger partial charge in [-0.1, -0.05) is 20.8 Å². The molecule has 0 spiro atoms. The average molecular weight is 316 g/mol. The van der Waals surface area contributed by atoms with Gasteiger partial charge in [0.15, 0.2) is 5.69 Å². The fourth-order valence-electron chi connectivity index (χ4n) is 4.33. The normalized spacial score (nSPS) is 28.8. The Morgan fingerprint density at radius 2 is 2.05 bits per heavy atom. The molecule has 1 aromatic rings. The van der Waals surface area contributed by atoms with Crippen LogP contribution in [-0.2, 0) is 27.7 Å². The SMILES string of the molecule is COC(=O)Cn1nc(C(F)(F)F)c2c1C1(C)CCC2C1(C)C. The number of fused-ring (bicyclic) bond motifs is 5. The lowest BCUT2D eigenvalue weighted by molar-refractivity contribution is -0.145. The molecule has 1 fully saturated rings. The van der Waals surface area contributed by atoms with Crippen LogP contribution in [0.15, 0.2) is 0 Å². The fourth-order valence-corrected chi connectivity index (χ4v) is 4.33. The molecule has 2 atom stereocenters. The highest BCUT2D eigenvalue weighted by molar-refractivity contribution is 5.69. The number of esters is 1. The summed E-state index contributed by atoms with van der Waals surface area (Å²) in [6.07, 6.45) is -2.98. The molecule has 0 saturated heterocycles. The Kier molecular flexibility index (Phi) is 2.98. The minimum atomic E-state index is -4.51. The summed E-state index contributed by atoms with van der Waals surface area (Å²) < 4.78 is 46.0. The lowest BCUT2D eigenvalue weighted by Crippen LogP contribution is -2.34. The molecular formula is C15H19F3N2O2. The van der Waals surface area contributed by atoms with Crippen LogP contribution in [0.4, 0.5) is 13.2 Å². The Morgan fingerprint density at radius 3 is 2.59 bits per heavy atom. The maximum Gasteiger partial charge on any atom is 0.435 e. The third-order valence-electron chi connectivity index (χ3n) is 5.86. The second-order valence-corrected chi connectivity index (χ2v) is 6.99. The van der Waals surface area contributed by atoms with Crippen molar-refractivity contribution in [3.63, 3.8) is 0 Å². The Labute approximate surface area is 126 Å². The van der Waals surface area contributed by atoms with E-state index in [0.717, 1.165) is 12.8 Å². The molecule has 2 aliphatic carbocycles. The van der Waals surface area contributed by atoms with E-state index in [1.54, 1.807) is 0 Å². The van der Waals surface area contributed by atoms with Gasteiger partial charge in [0.1, 0.15) is 6.54 Å². The van der Waals surface area contributed by atoms with Crippen LogP contribution in [0.3, 0.4) is 0 Å². The van der Waals surface area contributed by atoms with Gasteiger partial charge < -0.3 is 4.74 Å². The summed E-state index contributed by atoms with van der Waals surface area (Å²) >= 11 is 0. The van der Waals surface area contributed by atoms with Crippen molar-refractivity contribution >= 4 is 5.97 Å².